The zero-order valence-corrected chi connectivity index (χ0v) is 10.8. The van der Waals surface area contributed by atoms with Gasteiger partial charge in [0.25, 0.3) is 0 Å². The molecule has 0 atom stereocenters. The minimum Gasteiger partial charge on any atom is -0.492 e. The van der Waals surface area contributed by atoms with E-state index in [1.807, 2.05) is 0 Å². The SMILES string of the molecule is CCCCNCCOc1ccc2c(c1)CCC2. The monoisotopic (exact) mass is 233 g/mol. The molecule has 1 aliphatic carbocycles. The summed E-state index contributed by atoms with van der Waals surface area (Å²) in [4.78, 5) is 0. The van der Waals surface area contributed by atoms with E-state index in [4.69, 9.17) is 4.74 Å². The molecular formula is C15H23NO. The van der Waals surface area contributed by atoms with Gasteiger partial charge in [0.2, 0.25) is 0 Å². The van der Waals surface area contributed by atoms with Crippen molar-refractivity contribution in [3.05, 3.63) is 29.3 Å². The van der Waals surface area contributed by atoms with Gasteiger partial charge in [-0.2, -0.15) is 0 Å². The lowest BCUT2D eigenvalue weighted by Crippen LogP contribution is -2.21. The number of nitrogens with one attached hydrogen (secondary N) is 1. The van der Waals surface area contributed by atoms with Crippen LogP contribution < -0.4 is 10.1 Å². The second kappa shape index (κ2) is 6.65. The van der Waals surface area contributed by atoms with E-state index >= 15 is 0 Å². The fraction of sp³-hybridized carbons (Fsp3) is 0.600. The molecule has 0 fully saturated rings. The number of ether oxygens (including phenoxy) is 1. The molecule has 0 spiro atoms. The lowest BCUT2D eigenvalue weighted by molar-refractivity contribution is 0.313. The summed E-state index contributed by atoms with van der Waals surface area (Å²) in [5, 5.41) is 3.38. The molecule has 1 aromatic rings. The molecule has 0 aromatic heterocycles. The van der Waals surface area contributed by atoms with Crippen molar-refractivity contribution in [3.63, 3.8) is 0 Å². The van der Waals surface area contributed by atoms with Gasteiger partial charge in [0.1, 0.15) is 12.4 Å². The van der Waals surface area contributed by atoms with Crippen LogP contribution in [-0.4, -0.2) is 19.7 Å². The van der Waals surface area contributed by atoms with Crippen molar-refractivity contribution in [1.82, 2.24) is 5.32 Å². The van der Waals surface area contributed by atoms with Crippen LogP contribution in [-0.2, 0) is 12.8 Å². The second-order valence-corrected chi connectivity index (χ2v) is 4.74. The van der Waals surface area contributed by atoms with Crippen LogP contribution in [0, 0.1) is 0 Å². The van der Waals surface area contributed by atoms with Crippen molar-refractivity contribution in [2.45, 2.75) is 39.0 Å². The maximum absolute atomic E-state index is 5.75. The van der Waals surface area contributed by atoms with Crippen LogP contribution >= 0.6 is 0 Å². The third kappa shape index (κ3) is 3.74. The highest BCUT2D eigenvalue weighted by molar-refractivity contribution is 5.38. The van der Waals surface area contributed by atoms with E-state index in [1.54, 1.807) is 0 Å². The predicted octanol–water partition coefficient (Wildman–Crippen LogP) is 2.94. The molecular weight excluding hydrogens is 210 g/mol. The van der Waals surface area contributed by atoms with E-state index in [0.29, 0.717) is 0 Å². The molecule has 0 aliphatic heterocycles. The number of hydrogen-bond donors (Lipinski definition) is 1. The topological polar surface area (TPSA) is 21.3 Å². The minimum absolute atomic E-state index is 0.766. The van der Waals surface area contributed by atoms with Gasteiger partial charge in [-0.3, -0.25) is 0 Å². The van der Waals surface area contributed by atoms with E-state index in [9.17, 15) is 0 Å². The average molecular weight is 233 g/mol. The van der Waals surface area contributed by atoms with Crippen molar-refractivity contribution in [2.75, 3.05) is 19.7 Å². The fourth-order valence-corrected chi connectivity index (χ4v) is 2.31. The highest BCUT2D eigenvalue weighted by Gasteiger charge is 2.10. The summed E-state index contributed by atoms with van der Waals surface area (Å²) >= 11 is 0. The van der Waals surface area contributed by atoms with E-state index in [0.717, 1.165) is 25.4 Å². The van der Waals surface area contributed by atoms with Gasteiger partial charge in [0, 0.05) is 6.54 Å². The van der Waals surface area contributed by atoms with Crippen LogP contribution in [0.1, 0.15) is 37.3 Å². The summed E-state index contributed by atoms with van der Waals surface area (Å²) in [7, 11) is 0. The van der Waals surface area contributed by atoms with Gasteiger partial charge in [-0.15, -0.1) is 0 Å². The van der Waals surface area contributed by atoms with E-state index in [-0.39, 0.29) is 0 Å². The summed E-state index contributed by atoms with van der Waals surface area (Å²) in [5.74, 6) is 1.03. The van der Waals surface area contributed by atoms with Gasteiger partial charge >= 0.3 is 0 Å². The number of fused-ring (bicyclic) bond motifs is 1. The standard InChI is InChI=1S/C15H23NO/c1-2-3-9-16-10-11-17-15-8-7-13-5-4-6-14(13)12-15/h7-8,12,16H,2-6,9-11H2,1H3. The molecule has 2 heteroatoms. The van der Waals surface area contributed by atoms with Gasteiger partial charge in [-0.1, -0.05) is 19.4 Å². The van der Waals surface area contributed by atoms with Crippen LogP contribution in [0.3, 0.4) is 0 Å². The Morgan fingerprint density at radius 2 is 2.06 bits per heavy atom. The summed E-state index contributed by atoms with van der Waals surface area (Å²) in [5.41, 5.74) is 3.00. The molecule has 0 saturated carbocycles. The molecule has 0 unspecified atom stereocenters. The molecule has 1 aliphatic rings. The molecule has 1 aromatic carbocycles. The van der Waals surface area contributed by atoms with Gasteiger partial charge in [-0.05, 0) is 55.5 Å². The second-order valence-electron chi connectivity index (χ2n) is 4.74. The largest absolute Gasteiger partial charge is 0.492 e. The Bertz CT molecular complexity index is 349. The Kier molecular flexibility index (Phi) is 4.87. The van der Waals surface area contributed by atoms with Crippen molar-refractivity contribution < 1.29 is 4.74 Å². The maximum Gasteiger partial charge on any atom is 0.119 e. The molecule has 0 heterocycles. The minimum atomic E-state index is 0.766. The Labute approximate surface area is 104 Å². The van der Waals surface area contributed by atoms with Crippen LogP contribution in [0.2, 0.25) is 0 Å². The zero-order valence-electron chi connectivity index (χ0n) is 10.8. The first kappa shape index (κ1) is 12.4. The third-order valence-electron chi connectivity index (χ3n) is 3.32. The summed E-state index contributed by atoms with van der Waals surface area (Å²) < 4.78 is 5.75. The Morgan fingerprint density at radius 3 is 2.94 bits per heavy atom. The van der Waals surface area contributed by atoms with Crippen LogP contribution in [0.15, 0.2) is 18.2 Å². The number of rotatable bonds is 7. The Hall–Kier alpha value is -1.02. The molecule has 0 amide bonds. The van der Waals surface area contributed by atoms with Crippen LogP contribution in [0.4, 0.5) is 0 Å². The lowest BCUT2D eigenvalue weighted by atomic mass is 10.1. The molecule has 1 N–H and O–H groups in total. The van der Waals surface area contributed by atoms with Gasteiger partial charge in [-0.25, -0.2) is 0 Å². The Balaban J connectivity index is 1.69. The zero-order chi connectivity index (χ0) is 11.9. The van der Waals surface area contributed by atoms with E-state index < -0.39 is 0 Å². The number of unbranched alkanes of at least 4 members (excludes halogenated alkanes) is 1. The van der Waals surface area contributed by atoms with Gasteiger partial charge in [0.15, 0.2) is 0 Å². The van der Waals surface area contributed by atoms with Crippen molar-refractivity contribution >= 4 is 0 Å². The smallest absolute Gasteiger partial charge is 0.119 e. The Morgan fingerprint density at radius 1 is 1.18 bits per heavy atom. The van der Waals surface area contributed by atoms with Crippen molar-refractivity contribution in [3.8, 4) is 5.75 Å². The van der Waals surface area contributed by atoms with Crippen molar-refractivity contribution in [1.29, 1.82) is 0 Å². The normalized spacial score (nSPS) is 13.7. The lowest BCUT2D eigenvalue weighted by Gasteiger charge is -2.08. The molecule has 17 heavy (non-hydrogen) atoms. The quantitative estimate of drug-likeness (QED) is 0.731. The summed E-state index contributed by atoms with van der Waals surface area (Å²) in [6.07, 6.45) is 6.27. The van der Waals surface area contributed by atoms with E-state index in [1.165, 1.54) is 43.2 Å². The summed E-state index contributed by atoms with van der Waals surface area (Å²) in [6.45, 7) is 5.02. The number of aryl methyl sites for hydroxylation is 2. The first-order chi connectivity index (χ1) is 8.40. The molecule has 2 rings (SSSR count). The van der Waals surface area contributed by atoms with Gasteiger partial charge in [0.05, 0.1) is 0 Å². The molecule has 0 radical (unpaired) electrons. The molecule has 94 valence electrons. The predicted molar refractivity (Wildman–Crippen MR) is 71.7 cm³/mol. The van der Waals surface area contributed by atoms with Gasteiger partial charge < -0.3 is 10.1 Å². The highest BCUT2D eigenvalue weighted by atomic mass is 16.5. The first-order valence-electron chi connectivity index (χ1n) is 6.85. The molecule has 0 bridgehead atoms. The molecule has 0 saturated heterocycles. The summed E-state index contributed by atoms with van der Waals surface area (Å²) in [6, 6.07) is 6.55. The highest BCUT2D eigenvalue weighted by Crippen LogP contribution is 2.25. The third-order valence-corrected chi connectivity index (χ3v) is 3.32. The maximum atomic E-state index is 5.75. The van der Waals surface area contributed by atoms with Crippen LogP contribution in [0.25, 0.3) is 0 Å². The first-order valence-corrected chi connectivity index (χ1v) is 6.85. The number of benzene rings is 1. The fourth-order valence-electron chi connectivity index (χ4n) is 2.31. The van der Waals surface area contributed by atoms with E-state index in [2.05, 4.69) is 30.4 Å². The van der Waals surface area contributed by atoms with Crippen molar-refractivity contribution in [2.24, 2.45) is 0 Å². The number of hydrogen-bond acceptors (Lipinski definition) is 2. The van der Waals surface area contributed by atoms with Crippen LogP contribution in [0.5, 0.6) is 5.75 Å². The average Bonchev–Trinajstić information content (AvgIpc) is 2.81. The molecule has 2 nitrogen and oxygen atoms in total.